The van der Waals surface area contributed by atoms with Crippen molar-refractivity contribution in [3.8, 4) is 0 Å². The molecule has 0 spiro atoms. The Morgan fingerprint density at radius 2 is 2.00 bits per heavy atom. The van der Waals surface area contributed by atoms with Crippen molar-refractivity contribution in [2.24, 2.45) is 0 Å². The summed E-state index contributed by atoms with van der Waals surface area (Å²) in [7, 11) is 2.20. The van der Waals surface area contributed by atoms with E-state index in [1.807, 2.05) is 11.8 Å². The summed E-state index contributed by atoms with van der Waals surface area (Å²) in [4.78, 5) is 2.40. The third-order valence-electron chi connectivity index (χ3n) is 1.95. The fraction of sp³-hybridized carbons (Fsp3) is 1.00. The molecular weight excluding hydrogens is 180 g/mol. The van der Waals surface area contributed by atoms with Gasteiger partial charge in [-0.15, -0.1) is 0 Å². The van der Waals surface area contributed by atoms with E-state index in [1.165, 1.54) is 31.0 Å². The van der Waals surface area contributed by atoms with Crippen LogP contribution >= 0.6 is 11.8 Å². The first-order valence-corrected chi connectivity index (χ1v) is 6.43. The van der Waals surface area contributed by atoms with Gasteiger partial charge in [0.1, 0.15) is 0 Å². The molecular formula is C10H24N2S. The van der Waals surface area contributed by atoms with E-state index in [4.69, 9.17) is 0 Å². The summed E-state index contributed by atoms with van der Waals surface area (Å²) in [6.07, 6.45) is 1.32. The standard InChI is InChI=1S/C10H24N2S/c1-4-11-7-9-12(3)8-6-10-13-5-2/h11H,4-10H2,1-3H3. The highest BCUT2D eigenvalue weighted by molar-refractivity contribution is 7.99. The van der Waals surface area contributed by atoms with Crippen LogP contribution < -0.4 is 5.32 Å². The van der Waals surface area contributed by atoms with E-state index in [2.05, 4.69) is 31.1 Å². The van der Waals surface area contributed by atoms with Crippen LogP contribution in [0.2, 0.25) is 0 Å². The Hall–Kier alpha value is 0.270. The molecule has 0 saturated carbocycles. The zero-order chi connectivity index (χ0) is 9.94. The first kappa shape index (κ1) is 13.3. The monoisotopic (exact) mass is 204 g/mol. The number of nitrogens with one attached hydrogen (secondary N) is 1. The molecule has 0 aromatic rings. The van der Waals surface area contributed by atoms with E-state index in [0.717, 1.165) is 13.1 Å². The van der Waals surface area contributed by atoms with E-state index in [-0.39, 0.29) is 0 Å². The van der Waals surface area contributed by atoms with Gasteiger partial charge in [-0.05, 0) is 38.1 Å². The lowest BCUT2D eigenvalue weighted by molar-refractivity contribution is 0.334. The Morgan fingerprint density at radius 1 is 1.23 bits per heavy atom. The van der Waals surface area contributed by atoms with Gasteiger partial charge in [0.05, 0.1) is 0 Å². The third-order valence-corrected chi connectivity index (χ3v) is 2.94. The maximum atomic E-state index is 3.33. The van der Waals surface area contributed by atoms with Crippen molar-refractivity contribution in [2.75, 3.05) is 44.7 Å². The molecule has 0 bridgehead atoms. The highest BCUT2D eigenvalue weighted by Gasteiger charge is 1.96. The van der Waals surface area contributed by atoms with Gasteiger partial charge in [0.25, 0.3) is 0 Å². The molecule has 3 heteroatoms. The van der Waals surface area contributed by atoms with E-state index < -0.39 is 0 Å². The summed E-state index contributed by atoms with van der Waals surface area (Å²) < 4.78 is 0. The summed E-state index contributed by atoms with van der Waals surface area (Å²) in [5, 5.41) is 3.33. The van der Waals surface area contributed by atoms with Crippen LogP contribution in [0.25, 0.3) is 0 Å². The molecule has 0 aliphatic rings. The predicted molar refractivity (Wildman–Crippen MR) is 63.7 cm³/mol. The molecule has 80 valence electrons. The number of thioether (sulfide) groups is 1. The summed E-state index contributed by atoms with van der Waals surface area (Å²) in [6, 6.07) is 0. The van der Waals surface area contributed by atoms with Crippen LogP contribution in [0, 0.1) is 0 Å². The average molecular weight is 204 g/mol. The van der Waals surface area contributed by atoms with Gasteiger partial charge in [0, 0.05) is 13.1 Å². The van der Waals surface area contributed by atoms with Gasteiger partial charge in [-0.2, -0.15) is 11.8 Å². The van der Waals surface area contributed by atoms with Crippen LogP contribution in [-0.2, 0) is 0 Å². The molecule has 13 heavy (non-hydrogen) atoms. The summed E-state index contributed by atoms with van der Waals surface area (Å²) in [5.41, 5.74) is 0. The van der Waals surface area contributed by atoms with E-state index in [9.17, 15) is 0 Å². The number of hydrogen-bond acceptors (Lipinski definition) is 3. The molecule has 1 N–H and O–H groups in total. The zero-order valence-corrected chi connectivity index (χ0v) is 10.1. The molecule has 0 aliphatic carbocycles. The van der Waals surface area contributed by atoms with E-state index in [0.29, 0.717) is 0 Å². The van der Waals surface area contributed by atoms with Crippen molar-refractivity contribution in [1.82, 2.24) is 10.2 Å². The normalized spacial score (nSPS) is 11.1. The highest BCUT2D eigenvalue weighted by atomic mass is 32.2. The van der Waals surface area contributed by atoms with Gasteiger partial charge in [-0.25, -0.2) is 0 Å². The molecule has 0 amide bonds. The minimum Gasteiger partial charge on any atom is -0.316 e. The fourth-order valence-corrected chi connectivity index (χ4v) is 1.76. The molecule has 2 nitrogen and oxygen atoms in total. The van der Waals surface area contributed by atoms with E-state index >= 15 is 0 Å². The minimum absolute atomic E-state index is 1.08. The third kappa shape index (κ3) is 10.2. The lowest BCUT2D eigenvalue weighted by Crippen LogP contribution is -2.30. The molecule has 0 rings (SSSR count). The van der Waals surface area contributed by atoms with Crippen molar-refractivity contribution >= 4 is 11.8 Å². The lowest BCUT2D eigenvalue weighted by Gasteiger charge is -2.16. The quantitative estimate of drug-likeness (QED) is 0.575. The summed E-state index contributed by atoms with van der Waals surface area (Å²) in [6.45, 7) is 8.98. The predicted octanol–water partition coefficient (Wildman–Crippen LogP) is 1.67. The lowest BCUT2D eigenvalue weighted by atomic mass is 10.4. The van der Waals surface area contributed by atoms with Crippen LogP contribution in [-0.4, -0.2) is 49.6 Å². The SMILES string of the molecule is CCNCCN(C)CCCSCC. The van der Waals surface area contributed by atoms with Crippen LogP contribution in [0.15, 0.2) is 0 Å². The molecule has 0 radical (unpaired) electrons. The van der Waals surface area contributed by atoms with Gasteiger partial charge in [-0.1, -0.05) is 13.8 Å². The molecule has 0 atom stereocenters. The number of likely N-dealkylation sites (N-methyl/N-ethyl adjacent to an activating group) is 2. The Bertz CT molecular complexity index is 98.9. The molecule has 0 saturated heterocycles. The Kier molecular flexibility index (Phi) is 10.6. The topological polar surface area (TPSA) is 15.3 Å². The highest BCUT2D eigenvalue weighted by Crippen LogP contribution is 2.01. The van der Waals surface area contributed by atoms with Crippen molar-refractivity contribution in [3.05, 3.63) is 0 Å². The summed E-state index contributed by atoms with van der Waals surface area (Å²) >= 11 is 2.04. The number of rotatable bonds is 9. The van der Waals surface area contributed by atoms with Crippen LogP contribution in [0.4, 0.5) is 0 Å². The molecule has 0 aromatic heterocycles. The number of hydrogen-bond donors (Lipinski definition) is 1. The van der Waals surface area contributed by atoms with Crippen molar-refractivity contribution in [1.29, 1.82) is 0 Å². The van der Waals surface area contributed by atoms with Gasteiger partial charge in [-0.3, -0.25) is 0 Å². The molecule has 0 unspecified atom stereocenters. The van der Waals surface area contributed by atoms with Crippen LogP contribution in [0.3, 0.4) is 0 Å². The molecule has 0 aliphatic heterocycles. The van der Waals surface area contributed by atoms with Crippen molar-refractivity contribution in [2.45, 2.75) is 20.3 Å². The van der Waals surface area contributed by atoms with Crippen LogP contribution in [0.1, 0.15) is 20.3 Å². The van der Waals surface area contributed by atoms with Gasteiger partial charge >= 0.3 is 0 Å². The second-order valence-electron chi connectivity index (χ2n) is 3.21. The smallest absolute Gasteiger partial charge is 0.0104 e. The van der Waals surface area contributed by atoms with Crippen molar-refractivity contribution < 1.29 is 0 Å². The molecule has 0 heterocycles. The first-order chi connectivity index (χ1) is 6.31. The van der Waals surface area contributed by atoms with Gasteiger partial charge in [0.2, 0.25) is 0 Å². The Morgan fingerprint density at radius 3 is 2.62 bits per heavy atom. The van der Waals surface area contributed by atoms with Crippen LogP contribution in [0.5, 0.6) is 0 Å². The maximum Gasteiger partial charge on any atom is 0.0104 e. The van der Waals surface area contributed by atoms with Gasteiger partial charge < -0.3 is 10.2 Å². The first-order valence-electron chi connectivity index (χ1n) is 5.28. The summed E-state index contributed by atoms with van der Waals surface area (Å²) in [5.74, 6) is 2.56. The Balaban J connectivity index is 3.05. The zero-order valence-electron chi connectivity index (χ0n) is 9.31. The minimum atomic E-state index is 1.08. The maximum absolute atomic E-state index is 3.33. The second-order valence-corrected chi connectivity index (χ2v) is 4.60. The molecule has 0 aromatic carbocycles. The van der Waals surface area contributed by atoms with E-state index in [1.54, 1.807) is 0 Å². The van der Waals surface area contributed by atoms with Gasteiger partial charge in [0.15, 0.2) is 0 Å². The average Bonchev–Trinajstić information content (AvgIpc) is 2.13. The van der Waals surface area contributed by atoms with Crippen molar-refractivity contribution in [3.63, 3.8) is 0 Å². The Labute approximate surface area is 87.5 Å². The second kappa shape index (κ2) is 10.4. The number of nitrogens with zero attached hydrogens (tertiary/aromatic N) is 1. The largest absolute Gasteiger partial charge is 0.316 e. The molecule has 0 fully saturated rings. The fourth-order valence-electron chi connectivity index (χ4n) is 1.14.